The molecule has 6 nitrogen and oxygen atoms in total. The van der Waals surface area contributed by atoms with Crippen LogP contribution in [-0.4, -0.2) is 30.1 Å². The molecule has 0 atom stereocenters. The molecule has 24 heavy (non-hydrogen) atoms. The van der Waals surface area contributed by atoms with Crippen molar-refractivity contribution < 1.29 is 19.1 Å². The van der Waals surface area contributed by atoms with Gasteiger partial charge in [0.15, 0.2) is 11.7 Å². The molecule has 1 N–H and O–H groups in total. The zero-order valence-corrected chi connectivity index (χ0v) is 15.0. The molecule has 1 heterocycles. The summed E-state index contributed by atoms with van der Waals surface area (Å²) in [7, 11) is 0. The number of hydrogen-bond acceptors (Lipinski definition) is 6. The molecule has 0 bridgehead atoms. The molecule has 9 heteroatoms. The summed E-state index contributed by atoms with van der Waals surface area (Å²) < 4.78 is 10.2. The third-order valence-electron chi connectivity index (χ3n) is 2.68. The monoisotopic (exact) mass is 388 g/mol. The maximum absolute atomic E-state index is 11.9. The molecule has 0 aliphatic heterocycles. The number of anilines is 1. The van der Waals surface area contributed by atoms with E-state index in [9.17, 15) is 9.59 Å². The number of nitrogens with zero attached hydrogens (tertiary/aromatic N) is 1. The number of carbonyl (C=O) groups excluding carboxylic acids is 2. The molecule has 128 valence electrons. The van der Waals surface area contributed by atoms with Crippen LogP contribution in [0.25, 0.3) is 0 Å². The van der Waals surface area contributed by atoms with E-state index in [1.807, 2.05) is 0 Å². The van der Waals surface area contributed by atoms with E-state index in [-0.39, 0.29) is 19.0 Å². The zero-order chi connectivity index (χ0) is 17.5. The van der Waals surface area contributed by atoms with Gasteiger partial charge < -0.3 is 9.47 Å². The van der Waals surface area contributed by atoms with Gasteiger partial charge in [0, 0.05) is 10.4 Å². The van der Waals surface area contributed by atoms with Crippen molar-refractivity contribution in [2.45, 2.75) is 13.3 Å². The SMILES string of the molecule is CCOC(=O)Cc1csc(NC(=O)COc2ccc(Cl)cc2Cl)n1. The van der Waals surface area contributed by atoms with Crippen LogP contribution in [0, 0.1) is 0 Å². The molecule has 2 aromatic rings. The van der Waals surface area contributed by atoms with Gasteiger partial charge in [0.05, 0.1) is 23.7 Å². The van der Waals surface area contributed by atoms with Crippen LogP contribution in [0.1, 0.15) is 12.6 Å². The Hall–Kier alpha value is -1.83. The summed E-state index contributed by atoms with van der Waals surface area (Å²) in [6, 6.07) is 4.72. The van der Waals surface area contributed by atoms with E-state index in [2.05, 4.69) is 10.3 Å². The molecule has 0 saturated carbocycles. The molecular weight excluding hydrogens is 375 g/mol. The number of rotatable bonds is 7. The predicted octanol–water partition coefficient (Wildman–Crippen LogP) is 3.57. The van der Waals surface area contributed by atoms with Crippen molar-refractivity contribution in [2.75, 3.05) is 18.5 Å². The Morgan fingerprint density at radius 1 is 1.33 bits per heavy atom. The Balaban J connectivity index is 1.84. The summed E-state index contributed by atoms with van der Waals surface area (Å²) in [5.41, 5.74) is 0.537. The first-order valence-electron chi connectivity index (χ1n) is 6.95. The van der Waals surface area contributed by atoms with E-state index < -0.39 is 5.91 Å². The Morgan fingerprint density at radius 2 is 2.12 bits per heavy atom. The number of benzene rings is 1. The van der Waals surface area contributed by atoms with Crippen LogP contribution >= 0.6 is 34.5 Å². The number of thiazole rings is 1. The first-order chi connectivity index (χ1) is 11.5. The highest BCUT2D eigenvalue weighted by atomic mass is 35.5. The molecule has 1 aromatic heterocycles. The fourth-order valence-electron chi connectivity index (χ4n) is 1.70. The van der Waals surface area contributed by atoms with Crippen LogP contribution in [0.2, 0.25) is 10.0 Å². The van der Waals surface area contributed by atoms with Crippen LogP contribution < -0.4 is 10.1 Å². The Labute approximate surface area is 152 Å². The predicted molar refractivity (Wildman–Crippen MR) is 93.0 cm³/mol. The van der Waals surface area contributed by atoms with E-state index >= 15 is 0 Å². The van der Waals surface area contributed by atoms with Crippen molar-refractivity contribution in [1.29, 1.82) is 0 Å². The van der Waals surface area contributed by atoms with Gasteiger partial charge in [-0.25, -0.2) is 4.98 Å². The molecule has 0 fully saturated rings. The number of ether oxygens (including phenoxy) is 2. The summed E-state index contributed by atoms with van der Waals surface area (Å²) in [5.74, 6) is -0.391. The van der Waals surface area contributed by atoms with Gasteiger partial charge in [-0.1, -0.05) is 23.2 Å². The van der Waals surface area contributed by atoms with Crippen molar-refractivity contribution >= 4 is 51.5 Å². The standard InChI is InChI=1S/C15H14Cl2N2O4S/c1-2-22-14(21)6-10-8-24-15(18-10)19-13(20)7-23-12-4-3-9(16)5-11(12)17/h3-5,8H,2,6-7H2,1H3,(H,18,19,20). The third kappa shape index (κ3) is 5.67. The van der Waals surface area contributed by atoms with Gasteiger partial charge in [-0.05, 0) is 25.1 Å². The lowest BCUT2D eigenvalue weighted by molar-refractivity contribution is -0.142. The molecule has 2 rings (SSSR count). The van der Waals surface area contributed by atoms with E-state index in [0.717, 1.165) is 0 Å². The number of amides is 1. The lowest BCUT2D eigenvalue weighted by Crippen LogP contribution is -2.20. The number of aromatic nitrogens is 1. The fraction of sp³-hybridized carbons (Fsp3) is 0.267. The van der Waals surface area contributed by atoms with Crippen LogP contribution in [0.3, 0.4) is 0 Å². The Kier molecular flexibility index (Phi) is 6.84. The molecule has 0 spiro atoms. The van der Waals surface area contributed by atoms with Gasteiger partial charge in [-0.2, -0.15) is 0 Å². The molecule has 0 saturated heterocycles. The summed E-state index contributed by atoms with van der Waals surface area (Å²) in [4.78, 5) is 27.4. The number of nitrogens with one attached hydrogen (secondary N) is 1. The zero-order valence-electron chi connectivity index (χ0n) is 12.7. The van der Waals surface area contributed by atoms with Gasteiger partial charge >= 0.3 is 5.97 Å². The molecule has 1 amide bonds. The maximum atomic E-state index is 11.9. The smallest absolute Gasteiger partial charge is 0.311 e. The second kappa shape index (κ2) is 8.86. The summed E-state index contributed by atoms with van der Waals surface area (Å²) in [6.45, 7) is 1.82. The molecule has 0 aliphatic carbocycles. The highest BCUT2D eigenvalue weighted by Crippen LogP contribution is 2.27. The van der Waals surface area contributed by atoms with Crippen molar-refractivity contribution in [3.63, 3.8) is 0 Å². The summed E-state index contributed by atoms with van der Waals surface area (Å²) in [6.07, 6.45) is 0.0666. The average molecular weight is 389 g/mol. The molecule has 0 radical (unpaired) electrons. The van der Waals surface area contributed by atoms with Crippen LogP contribution in [0.15, 0.2) is 23.6 Å². The van der Waals surface area contributed by atoms with Gasteiger partial charge in [-0.15, -0.1) is 11.3 Å². The quantitative estimate of drug-likeness (QED) is 0.733. The minimum atomic E-state index is -0.391. The average Bonchev–Trinajstić information content (AvgIpc) is 2.93. The van der Waals surface area contributed by atoms with Gasteiger partial charge in [-0.3, -0.25) is 14.9 Å². The van der Waals surface area contributed by atoms with Crippen LogP contribution in [0.5, 0.6) is 5.75 Å². The number of hydrogen-bond donors (Lipinski definition) is 1. The Bertz CT molecular complexity index is 736. The van der Waals surface area contributed by atoms with E-state index in [0.29, 0.717) is 33.2 Å². The number of halogens is 2. The molecule has 1 aromatic carbocycles. The molecule has 0 aliphatic rings. The van der Waals surface area contributed by atoms with Crippen molar-refractivity contribution in [2.24, 2.45) is 0 Å². The summed E-state index contributed by atoms with van der Waals surface area (Å²) >= 11 is 13.0. The van der Waals surface area contributed by atoms with Gasteiger partial charge in [0.2, 0.25) is 0 Å². The lowest BCUT2D eigenvalue weighted by atomic mass is 10.3. The second-order valence-corrected chi connectivity index (χ2v) is 6.24. The van der Waals surface area contributed by atoms with Crippen LogP contribution in [-0.2, 0) is 20.7 Å². The van der Waals surface area contributed by atoms with E-state index in [1.165, 1.54) is 17.4 Å². The minimum absolute atomic E-state index is 0.0666. The molecule has 0 unspecified atom stereocenters. The topological polar surface area (TPSA) is 77.5 Å². The number of esters is 1. The first kappa shape index (κ1) is 18.5. The third-order valence-corrected chi connectivity index (χ3v) is 4.02. The first-order valence-corrected chi connectivity index (χ1v) is 8.59. The largest absolute Gasteiger partial charge is 0.482 e. The maximum Gasteiger partial charge on any atom is 0.311 e. The van der Waals surface area contributed by atoms with Gasteiger partial charge in [0.1, 0.15) is 5.75 Å². The Morgan fingerprint density at radius 3 is 2.83 bits per heavy atom. The van der Waals surface area contributed by atoms with Crippen molar-refractivity contribution in [1.82, 2.24) is 4.98 Å². The second-order valence-electron chi connectivity index (χ2n) is 4.54. The van der Waals surface area contributed by atoms with Crippen molar-refractivity contribution in [3.8, 4) is 5.75 Å². The minimum Gasteiger partial charge on any atom is -0.482 e. The molecular formula is C15H14Cl2N2O4S. The van der Waals surface area contributed by atoms with E-state index in [4.69, 9.17) is 32.7 Å². The van der Waals surface area contributed by atoms with Crippen molar-refractivity contribution in [3.05, 3.63) is 39.3 Å². The summed E-state index contributed by atoms with van der Waals surface area (Å²) in [5, 5.41) is 5.46. The highest BCUT2D eigenvalue weighted by Gasteiger charge is 2.11. The van der Waals surface area contributed by atoms with Gasteiger partial charge in [0.25, 0.3) is 5.91 Å². The highest BCUT2D eigenvalue weighted by molar-refractivity contribution is 7.13. The fourth-order valence-corrected chi connectivity index (χ4v) is 2.89. The normalized spacial score (nSPS) is 10.3. The lowest BCUT2D eigenvalue weighted by Gasteiger charge is -2.07. The van der Waals surface area contributed by atoms with E-state index in [1.54, 1.807) is 24.4 Å². The number of carbonyl (C=O) groups is 2. The van der Waals surface area contributed by atoms with Crippen LogP contribution in [0.4, 0.5) is 5.13 Å².